The fourth-order valence-electron chi connectivity index (χ4n) is 2.79. The lowest BCUT2D eigenvalue weighted by atomic mass is 9.96. The van der Waals surface area contributed by atoms with Crippen LogP contribution in [0.2, 0.25) is 0 Å². The van der Waals surface area contributed by atoms with Crippen molar-refractivity contribution >= 4 is 27.5 Å². The van der Waals surface area contributed by atoms with E-state index >= 15 is 0 Å². The van der Waals surface area contributed by atoms with Crippen molar-refractivity contribution in [1.29, 1.82) is 0 Å². The molecule has 0 aliphatic rings. The Morgan fingerprint density at radius 3 is 2.50 bits per heavy atom. The molecule has 0 bridgehead atoms. The Bertz CT molecular complexity index is 911. The second kappa shape index (κ2) is 8.28. The van der Waals surface area contributed by atoms with Gasteiger partial charge in [-0.1, -0.05) is 70.5 Å². The first kappa shape index (κ1) is 18.3. The molecular weight excluding hydrogens is 393 g/mol. The lowest BCUT2D eigenvalue weighted by Crippen LogP contribution is -2.19. The number of nitrogens with one attached hydrogen (secondary N) is 1. The number of halogens is 2. The molecule has 3 rings (SSSR count). The highest BCUT2D eigenvalue weighted by Crippen LogP contribution is 2.27. The highest BCUT2D eigenvalue weighted by Gasteiger charge is 2.17. The zero-order valence-corrected chi connectivity index (χ0v) is 16.0. The predicted molar refractivity (Wildman–Crippen MR) is 108 cm³/mol. The monoisotopic (exact) mass is 411 g/mol. The van der Waals surface area contributed by atoms with Crippen LogP contribution >= 0.6 is 15.9 Å². The molecule has 0 saturated heterocycles. The first-order valence-electron chi connectivity index (χ1n) is 8.39. The fraction of sp³-hybridized carbons (Fsp3) is 0.136. The van der Waals surface area contributed by atoms with Crippen molar-refractivity contribution in [3.63, 3.8) is 0 Å². The van der Waals surface area contributed by atoms with E-state index in [0.717, 1.165) is 22.1 Å². The van der Waals surface area contributed by atoms with Crippen molar-refractivity contribution in [1.82, 2.24) is 0 Å². The number of carbonyl (C=O) groups excluding carboxylic acids is 1. The normalized spacial score (nSPS) is 11.8. The molecule has 0 aromatic heterocycles. The molecular formula is C22H19BrFNO. The summed E-state index contributed by atoms with van der Waals surface area (Å²) in [5.41, 5.74) is 3.82. The number of amides is 1. The average Bonchev–Trinajstić information content (AvgIpc) is 2.68. The van der Waals surface area contributed by atoms with E-state index in [1.54, 1.807) is 13.0 Å². The Labute approximate surface area is 161 Å². The topological polar surface area (TPSA) is 29.1 Å². The van der Waals surface area contributed by atoms with Crippen molar-refractivity contribution in [2.45, 2.75) is 18.2 Å². The number of rotatable bonds is 5. The molecule has 0 saturated carbocycles. The highest BCUT2D eigenvalue weighted by molar-refractivity contribution is 9.08. The van der Waals surface area contributed by atoms with Gasteiger partial charge in [-0.3, -0.25) is 4.79 Å². The average molecular weight is 412 g/mol. The summed E-state index contributed by atoms with van der Waals surface area (Å²) >= 11 is 3.40. The Hall–Kier alpha value is -2.46. The maximum atomic E-state index is 14.5. The van der Waals surface area contributed by atoms with Crippen LogP contribution in [-0.4, -0.2) is 5.91 Å². The summed E-state index contributed by atoms with van der Waals surface area (Å²) < 4.78 is 14.5. The van der Waals surface area contributed by atoms with Crippen LogP contribution in [0.3, 0.4) is 0 Å². The molecule has 1 amide bonds. The Morgan fingerprint density at radius 1 is 1.04 bits per heavy atom. The minimum absolute atomic E-state index is 0.163. The largest absolute Gasteiger partial charge is 0.326 e. The summed E-state index contributed by atoms with van der Waals surface area (Å²) in [5, 5.41) is 3.62. The van der Waals surface area contributed by atoms with Gasteiger partial charge in [0.2, 0.25) is 5.91 Å². The van der Waals surface area contributed by atoms with Crippen molar-refractivity contribution in [3.05, 3.63) is 89.7 Å². The summed E-state index contributed by atoms with van der Waals surface area (Å²) in [5.74, 6) is -0.944. The third-order valence-electron chi connectivity index (χ3n) is 4.32. The van der Waals surface area contributed by atoms with E-state index in [2.05, 4.69) is 21.2 Å². The van der Waals surface area contributed by atoms with Crippen molar-refractivity contribution in [3.8, 4) is 11.1 Å². The Morgan fingerprint density at radius 2 is 1.81 bits per heavy atom. The lowest BCUT2D eigenvalue weighted by Gasteiger charge is -2.14. The molecule has 0 aliphatic carbocycles. The summed E-state index contributed by atoms with van der Waals surface area (Å²) in [4.78, 5) is 12.5. The molecule has 2 nitrogen and oxygen atoms in total. The smallest absolute Gasteiger partial charge is 0.231 e. The lowest BCUT2D eigenvalue weighted by molar-refractivity contribution is -0.117. The van der Waals surface area contributed by atoms with E-state index < -0.39 is 5.92 Å². The molecule has 0 heterocycles. The van der Waals surface area contributed by atoms with E-state index in [0.29, 0.717) is 11.1 Å². The van der Waals surface area contributed by atoms with Crippen LogP contribution in [0.25, 0.3) is 11.1 Å². The molecule has 1 unspecified atom stereocenters. The first-order chi connectivity index (χ1) is 12.6. The molecule has 132 valence electrons. The summed E-state index contributed by atoms with van der Waals surface area (Å²) in [7, 11) is 0. The maximum Gasteiger partial charge on any atom is 0.231 e. The molecule has 1 N–H and O–H groups in total. The SMILES string of the molecule is CC(C(=O)Nc1cccc(CBr)c1)c1ccc(-c2ccccc2)c(F)c1. The van der Waals surface area contributed by atoms with Gasteiger partial charge in [0.1, 0.15) is 5.82 Å². The summed E-state index contributed by atoms with van der Waals surface area (Å²) in [6.07, 6.45) is 0. The third-order valence-corrected chi connectivity index (χ3v) is 4.97. The van der Waals surface area contributed by atoms with Crippen LogP contribution in [0, 0.1) is 5.82 Å². The van der Waals surface area contributed by atoms with Gasteiger partial charge in [-0.25, -0.2) is 4.39 Å². The van der Waals surface area contributed by atoms with Gasteiger partial charge in [-0.2, -0.15) is 0 Å². The zero-order valence-electron chi connectivity index (χ0n) is 14.4. The highest BCUT2D eigenvalue weighted by atomic mass is 79.9. The first-order valence-corrected chi connectivity index (χ1v) is 9.51. The van der Waals surface area contributed by atoms with Gasteiger partial charge < -0.3 is 5.32 Å². The minimum Gasteiger partial charge on any atom is -0.326 e. The van der Waals surface area contributed by atoms with E-state index in [1.165, 1.54) is 6.07 Å². The van der Waals surface area contributed by atoms with Gasteiger partial charge in [0.25, 0.3) is 0 Å². The van der Waals surface area contributed by atoms with E-state index in [9.17, 15) is 9.18 Å². The number of hydrogen-bond donors (Lipinski definition) is 1. The molecule has 3 aromatic carbocycles. The van der Waals surface area contributed by atoms with Gasteiger partial charge in [-0.15, -0.1) is 0 Å². The molecule has 1 atom stereocenters. The molecule has 0 aliphatic heterocycles. The van der Waals surface area contributed by atoms with Gasteiger partial charge in [0.05, 0.1) is 5.92 Å². The Balaban J connectivity index is 1.77. The number of hydrogen-bond acceptors (Lipinski definition) is 1. The molecule has 0 radical (unpaired) electrons. The number of anilines is 1. The molecule has 4 heteroatoms. The van der Waals surface area contributed by atoms with Gasteiger partial charge in [0.15, 0.2) is 0 Å². The second-order valence-electron chi connectivity index (χ2n) is 6.15. The van der Waals surface area contributed by atoms with Crippen LogP contribution < -0.4 is 5.32 Å². The summed E-state index contributed by atoms with van der Waals surface area (Å²) in [6.45, 7) is 1.78. The fourth-order valence-corrected chi connectivity index (χ4v) is 3.14. The third kappa shape index (κ3) is 4.20. The van der Waals surface area contributed by atoms with Crippen molar-refractivity contribution in [2.24, 2.45) is 0 Å². The zero-order chi connectivity index (χ0) is 18.5. The Kier molecular flexibility index (Phi) is 5.84. The number of alkyl halides is 1. The maximum absolute atomic E-state index is 14.5. The van der Waals surface area contributed by atoms with Gasteiger partial charge >= 0.3 is 0 Å². The summed E-state index contributed by atoms with van der Waals surface area (Å²) in [6, 6.07) is 22.0. The minimum atomic E-state index is -0.457. The van der Waals surface area contributed by atoms with Crippen LogP contribution in [0.5, 0.6) is 0 Å². The van der Waals surface area contributed by atoms with Crippen molar-refractivity contribution in [2.75, 3.05) is 5.32 Å². The van der Waals surface area contributed by atoms with Crippen LogP contribution in [0.15, 0.2) is 72.8 Å². The molecule has 0 spiro atoms. The van der Waals surface area contributed by atoms with Crippen molar-refractivity contribution < 1.29 is 9.18 Å². The quantitative estimate of drug-likeness (QED) is 0.502. The van der Waals surface area contributed by atoms with Gasteiger partial charge in [0, 0.05) is 16.6 Å². The van der Waals surface area contributed by atoms with E-state index in [1.807, 2.05) is 60.7 Å². The van der Waals surface area contributed by atoms with E-state index in [4.69, 9.17) is 0 Å². The number of carbonyl (C=O) groups is 1. The predicted octanol–water partition coefficient (Wildman–Crippen LogP) is 6.13. The van der Waals surface area contributed by atoms with E-state index in [-0.39, 0.29) is 11.7 Å². The molecule has 3 aromatic rings. The van der Waals surface area contributed by atoms with Crippen LogP contribution in [0.1, 0.15) is 24.0 Å². The standard InChI is InChI=1S/C22H19BrFNO/c1-15(22(26)25-19-9-5-6-16(12-19)14-23)18-10-11-20(21(24)13-18)17-7-3-2-4-8-17/h2-13,15H,14H2,1H3,(H,25,26). The van der Waals surface area contributed by atoms with Gasteiger partial charge in [-0.05, 0) is 41.8 Å². The second-order valence-corrected chi connectivity index (χ2v) is 6.71. The number of benzene rings is 3. The molecule has 0 fully saturated rings. The van der Waals surface area contributed by atoms with Crippen LogP contribution in [0.4, 0.5) is 10.1 Å². The molecule has 26 heavy (non-hydrogen) atoms. The van der Waals surface area contributed by atoms with Crippen LogP contribution in [-0.2, 0) is 10.1 Å².